The van der Waals surface area contributed by atoms with E-state index in [0.717, 1.165) is 22.3 Å². The van der Waals surface area contributed by atoms with Gasteiger partial charge in [-0.05, 0) is 22.4 Å². The molecule has 0 unspecified atom stereocenters. The zero-order valence-electron chi connectivity index (χ0n) is 7.39. The molecule has 0 aromatic carbocycles. The summed E-state index contributed by atoms with van der Waals surface area (Å²) >= 11 is 9.01. The van der Waals surface area contributed by atoms with E-state index in [9.17, 15) is 0 Å². The van der Waals surface area contributed by atoms with Gasteiger partial charge in [0.25, 0.3) is 0 Å². The Morgan fingerprint density at radius 3 is 3.00 bits per heavy atom. The van der Waals surface area contributed by atoms with E-state index in [4.69, 9.17) is 16.3 Å². The topological polar surface area (TPSA) is 22.1 Å². The molecular formula is C9H11BrClNO. The molecule has 0 atom stereocenters. The third kappa shape index (κ3) is 3.16. The van der Waals surface area contributed by atoms with E-state index in [1.165, 1.54) is 0 Å². The second kappa shape index (κ2) is 5.45. The third-order valence-electron chi connectivity index (χ3n) is 1.48. The highest BCUT2D eigenvalue weighted by Crippen LogP contribution is 2.25. The van der Waals surface area contributed by atoms with Crippen molar-refractivity contribution >= 4 is 27.5 Å². The van der Waals surface area contributed by atoms with Gasteiger partial charge >= 0.3 is 0 Å². The number of hydrogen-bond acceptors (Lipinski definition) is 2. The number of halogens is 2. The quantitative estimate of drug-likeness (QED) is 0.778. The largest absolute Gasteiger partial charge is 0.492 e. The summed E-state index contributed by atoms with van der Waals surface area (Å²) < 4.78 is 6.35. The van der Waals surface area contributed by atoms with E-state index in [2.05, 4.69) is 27.8 Å². The molecule has 0 saturated carbocycles. The predicted molar refractivity (Wildman–Crippen MR) is 57.3 cm³/mol. The summed E-state index contributed by atoms with van der Waals surface area (Å²) in [5, 5.41) is 0. The minimum Gasteiger partial charge on any atom is -0.492 e. The molecule has 0 amide bonds. The van der Waals surface area contributed by atoms with Crippen LogP contribution in [0.5, 0.6) is 5.75 Å². The Labute approximate surface area is 91.4 Å². The molecule has 0 saturated heterocycles. The maximum absolute atomic E-state index is 5.65. The van der Waals surface area contributed by atoms with Crippen molar-refractivity contribution in [2.24, 2.45) is 0 Å². The summed E-state index contributed by atoms with van der Waals surface area (Å²) in [6.45, 7) is 2.78. The van der Waals surface area contributed by atoms with E-state index in [0.29, 0.717) is 12.5 Å². The minimum absolute atomic E-state index is 0.412. The molecule has 1 aromatic rings. The number of rotatable bonds is 4. The van der Waals surface area contributed by atoms with Crippen LogP contribution in [-0.4, -0.2) is 11.6 Å². The average molecular weight is 265 g/mol. The molecule has 0 radical (unpaired) electrons. The maximum atomic E-state index is 5.65. The number of nitrogens with zero attached hydrogens (tertiary/aromatic N) is 1. The summed E-state index contributed by atoms with van der Waals surface area (Å²) in [5.74, 6) is 1.22. The minimum atomic E-state index is 0.412. The lowest BCUT2D eigenvalue weighted by atomic mass is 10.3. The van der Waals surface area contributed by atoms with Crippen LogP contribution in [0, 0.1) is 0 Å². The first-order valence-corrected chi connectivity index (χ1v) is 5.44. The van der Waals surface area contributed by atoms with Gasteiger partial charge in [-0.3, -0.25) is 4.98 Å². The summed E-state index contributed by atoms with van der Waals surface area (Å²) in [4.78, 5) is 4.11. The molecule has 2 nitrogen and oxygen atoms in total. The van der Waals surface area contributed by atoms with E-state index in [1.807, 2.05) is 6.07 Å². The molecule has 13 heavy (non-hydrogen) atoms. The molecule has 0 aliphatic heterocycles. The molecule has 0 bridgehead atoms. The Bertz CT molecular complexity index is 280. The van der Waals surface area contributed by atoms with Gasteiger partial charge in [0.1, 0.15) is 5.75 Å². The van der Waals surface area contributed by atoms with Gasteiger partial charge in [0, 0.05) is 12.3 Å². The molecule has 1 aromatic heterocycles. The highest BCUT2D eigenvalue weighted by Gasteiger charge is 2.02. The van der Waals surface area contributed by atoms with E-state index in [1.54, 1.807) is 6.20 Å². The van der Waals surface area contributed by atoms with Crippen molar-refractivity contribution < 1.29 is 4.74 Å². The highest BCUT2D eigenvalue weighted by molar-refractivity contribution is 9.10. The van der Waals surface area contributed by atoms with Crippen LogP contribution in [0.2, 0.25) is 0 Å². The lowest BCUT2D eigenvalue weighted by Crippen LogP contribution is -1.97. The van der Waals surface area contributed by atoms with E-state index < -0.39 is 0 Å². The fourth-order valence-corrected chi connectivity index (χ4v) is 1.33. The van der Waals surface area contributed by atoms with Crippen LogP contribution < -0.4 is 4.74 Å². The first-order valence-electron chi connectivity index (χ1n) is 4.11. The lowest BCUT2D eigenvalue weighted by molar-refractivity contribution is 0.315. The number of ether oxygens (including phenoxy) is 1. The van der Waals surface area contributed by atoms with Gasteiger partial charge in [-0.25, -0.2) is 0 Å². The monoisotopic (exact) mass is 263 g/mol. The van der Waals surface area contributed by atoms with Gasteiger partial charge in [-0.1, -0.05) is 6.92 Å². The van der Waals surface area contributed by atoms with Crippen LogP contribution in [-0.2, 0) is 5.88 Å². The number of pyridine rings is 1. The Morgan fingerprint density at radius 2 is 2.38 bits per heavy atom. The van der Waals surface area contributed by atoms with Gasteiger partial charge in [0.05, 0.1) is 22.7 Å². The molecule has 0 spiro atoms. The fraction of sp³-hybridized carbons (Fsp3) is 0.444. The average Bonchev–Trinajstić information content (AvgIpc) is 2.17. The van der Waals surface area contributed by atoms with Crippen LogP contribution in [0.3, 0.4) is 0 Å². The molecule has 0 aliphatic carbocycles. The van der Waals surface area contributed by atoms with Crippen molar-refractivity contribution in [3.05, 3.63) is 22.4 Å². The zero-order chi connectivity index (χ0) is 9.68. The molecular weight excluding hydrogens is 253 g/mol. The highest BCUT2D eigenvalue weighted by atomic mass is 79.9. The first-order chi connectivity index (χ1) is 6.27. The SMILES string of the molecule is CCCOc1cc(CCl)ncc1Br. The second-order valence-electron chi connectivity index (χ2n) is 2.59. The first kappa shape index (κ1) is 10.8. The second-order valence-corrected chi connectivity index (χ2v) is 3.71. The Morgan fingerprint density at radius 1 is 1.62 bits per heavy atom. The van der Waals surface area contributed by atoms with Crippen molar-refractivity contribution in [3.63, 3.8) is 0 Å². The lowest BCUT2D eigenvalue weighted by Gasteiger charge is -2.07. The maximum Gasteiger partial charge on any atom is 0.136 e. The Hall–Kier alpha value is -0.280. The molecule has 72 valence electrons. The number of hydrogen-bond donors (Lipinski definition) is 0. The predicted octanol–water partition coefficient (Wildman–Crippen LogP) is 3.37. The summed E-state index contributed by atoms with van der Waals surface area (Å²) in [6, 6.07) is 1.85. The number of aromatic nitrogens is 1. The molecule has 4 heteroatoms. The normalized spacial score (nSPS) is 10.1. The molecule has 1 heterocycles. The van der Waals surface area contributed by atoms with Gasteiger partial charge in [-0.15, -0.1) is 11.6 Å². The summed E-state index contributed by atoms with van der Waals surface area (Å²) in [5.41, 5.74) is 0.830. The molecule has 1 rings (SSSR count). The van der Waals surface area contributed by atoms with E-state index in [-0.39, 0.29) is 0 Å². The molecule has 0 fully saturated rings. The van der Waals surface area contributed by atoms with Gasteiger partial charge in [0.2, 0.25) is 0 Å². The van der Waals surface area contributed by atoms with Crippen molar-refractivity contribution in [1.29, 1.82) is 0 Å². The molecule has 0 N–H and O–H groups in total. The van der Waals surface area contributed by atoms with Crippen LogP contribution in [0.15, 0.2) is 16.7 Å². The standard InChI is InChI=1S/C9H11BrClNO/c1-2-3-13-9-4-7(5-11)12-6-8(9)10/h4,6H,2-3,5H2,1H3. The summed E-state index contributed by atoms with van der Waals surface area (Å²) in [6.07, 6.45) is 2.70. The third-order valence-corrected chi connectivity index (χ3v) is 2.34. The van der Waals surface area contributed by atoms with Crippen LogP contribution in [0.1, 0.15) is 19.0 Å². The van der Waals surface area contributed by atoms with E-state index >= 15 is 0 Å². The number of alkyl halides is 1. The fourth-order valence-electron chi connectivity index (χ4n) is 0.856. The molecule has 0 aliphatic rings. The van der Waals surface area contributed by atoms with Gasteiger partial charge in [0.15, 0.2) is 0 Å². The van der Waals surface area contributed by atoms with Gasteiger partial charge in [-0.2, -0.15) is 0 Å². The van der Waals surface area contributed by atoms with Crippen molar-refractivity contribution in [3.8, 4) is 5.75 Å². The Kier molecular flexibility index (Phi) is 4.53. The van der Waals surface area contributed by atoms with Crippen LogP contribution in [0.25, 0.3) is 0 Å². The van der Waals surface area contributed by atoms with Crippen LogP contribution >= 0.6 is 27.5 Å². The summed E-state index contributed by atoms with van der Waals surface area (Å²) in [7, 11) is 0. The smallest absolute Gasteiger partial charge is 0.136 e. The van der Waals surface area contributed by atoms with Crippen molar-refractivity contribution in [1.82, 2.24) is 4.98 Å². The van der Waals surface area contributed by atoms with Crippen LogP contribution in [0.4, 0.5) is 0 Å². The van der Waals surface area contributed by atoms with Gasteiger partial charge < -0.3 is 4.74 Å². The zero-order valence-corrected chi connectivity index (χ0v) is 9.73. The van der Waals surface area contributed by atoms with Crippen molar-refractivity contribution in [2.75, 3.05) is 6.61 Å². The van der Waals surface area contributed by atoms with Crippen molar-refractivity contribution in [2.45, 2.75) is 19.2 Å². The Balaban J connectivity index is 2.78.